The zero-order valence-electron chi connectivity index (χ0n) is 17.8. The third-order valence-corrected chi connectivity index (χ3v) is 4.42. The Kier molecular flexibility index (Phi) is 10.3. The highest BCUT2D eigenvalue weighted by Crippen LogP contribution is 2.06. The maximum atomic E-state index is 4.32. The molecule has 0 saturated heterocycles. The molecule has 2 N–H and O–H groups in total. The van der Waals surface area contributed by atoms with Crippen molar-refractivity contribution in [3.8, 4) is 0 Å². The summed E-state index contributed by atoms with van der Waals surface area (Å²) in [5.74, 6) is 0.864. The number of guanidine groups is 1. The summed E-state index contributed by atoms with van der Waals surface area (Å²) in [5, 5.41) is 6.81. The van der Waals surface area contributed by atoms with Crippen LogP contribution in [-0.2, 0) is 13.1 Å². The molecule has 148 valence electrons. The third kappa shape index (κ3) is 8.68. The van der Waals surface area contributed by atoms with E-state index in [4.69, 9.17) is 0 Å². The van der Waals surface area contributed by atoms with Gasteiger partial charge in [-0.05, 0) is 59.3 Å². The summed E-state index contributed by atoms with van der Waals surface area (Å²) in [6, 6.07) is 9.93. The summed E-state index contributed by atoms with van der Waals surface area (Å²) in [5.41, 5.74) is 2.60. The Morgan fingerprint density at radius 3 is 2.04 bits per heavy atom. The maximum Gasteiger partial charge on any atom is 0.191 e. The second-order valence-electron chi connectivity index (χ2n) is 7.69. The van der Waals surface area contributed by atoms with Crippen molar-refractivity contribution in [3.05, 3.63) is 35.4 Å². The van der Waals surface area contributed by atoms with Gasteiger partial charge in [0.05, 0.1) is 0 Å². The summed E-state index contributed by atoms with van der Waals surface area (Å²) >= 11 is 0. The minimum atomic E-state index is 0.586. The molecule has 5 nitrogen and oxygen atoms in total. The van der Waals surface area contributed by atoms with E-state index in [9.17, 15) is 0 Å². The van der Waals surface area contributed by atoms with Gasteiger partial charge in [0, 0.05) is 45.3 Å². The Hall–Kier alpha value is -1.59. The maximum absolute atomic E-state index is 4.32. The fourth-order valence-electron chi connectivity index (χ4n) is 3.12. The highest BCUT2D eigenvalue weighted by atomic mass is 15.2. The average molecular weight is 362 g/mol. The minimum absolute atomic E-state index is 0.586. The molecule has 1 aromatic rings. The van der Waals surface area contributed by atoms with E-state index in [1.54, 1.807) is 0 Å². The van der Waals surface area contributed by atoms with Crippen molar-refractivity contribution in [3.63, 3.8) is 0 Å². The number of benzene rings is 1. The van der Waals surface area contributed by atoms with E-state index < -0.39 is 0 Å². The first kappa shape index (κ1) is 22.5. The summed E-state index contributed by atoms with van der Waals surface area (Å²) in [7, 11) is 6.00. The fraction of sp³-hybridized carbons (Fsp3) is 0.667. The molecule has 0 atom stereocenters. The topological polar surface area (TPSA) is 42.9 Å². The van der Waals surface area contributed by atoms with Gasteiger partial charge in [-0.2, -0.15) is 0 Å². The number of nitrogens with one attached hydrogen (secondary N) is 2. The lowest BCUT2D eigenvalue weighted by Crippen LogP contribution is -2.41. The van der Waals surface area contributed by atoms with E-state index in [1.165, 1.54) is 11.1 Å². The number of aliphatic imine (C=N–C) groups is 1. The Balaban J connectivity index is 2.34. The van der Waals surface area contributed by atoms with Gasteiger partial charge in [-0.3, -0.25) is 9.89 Å². The van der Waals surface area contributed by atoms with Crippen molar-refractivity contribution in [2.24, 2.45) is 4.99 Å². The quantitative estimate of drug-likeness (QED) is 0.382. The number of nitrogens with zero attached hydrogens (tertiary/aromatic N) is 3. The Labute approximate surface area is 160 Å². The molecule has 0 saturated carbocycles. The second kappa shape index (κ2) is 11.9. The van der Waals surface area contributed by atoms with Crippen LogP contribution < -0.4 is 10.6 Å². The van der Waals surface area contributed by atoms with Crippen molar-refractivity contribution in [1.82, 2.24) is 20.4 Å². The molecule has 0 aromatic heterocycles. The Bertz CT molecular complexity index is 512. The molecule has 0 amide bonds. The van der Waals surface area contributed by atoms with Gasteiger partial charge in [0.2, 0.25) is 0 Å². The first-order valence-electron chi connectivity index (χ1n) is 9.76. The van der Waals surface area contributed by atoms with Crippen LogP contribution in [0.25, 0.3) is 0 Å². The van der Waals surface area contributed by atoms with Crippen molar-refractivity contribution >= 4 is 5.96 Å². The lowest BCUT2D eigenvalue weighted by molar-refractivity contribution is 0.173. The molecule has 0 aliphatic heterocycles. The van der Waals surface area contributed by atoms with E-state index in [2.05, 4.69) is 91.5 Å². The van der Waals surface area contributed by atoms with Crippen molar-refractivity contribution in [2.45, 2.75) is 59.3 Å². The van der Waals surface area contributed by atoms with Gasteiger partial charge in [0.15, 0.2) is 5.96 Å². The zero-order valence-corrected chi connectivity index (χ0v) is 17.8. The molecule has 1 aromatic carbocycles. The molecular formula is C21H39N5. The molecular weight excluding hydrogens is 322 g/mol. The molecule has 0 bridgehead atoms. The molecule has 0 radical (unpaired) electrons. The smallest absolute Gasteiger partial charge is 0.191 e. The highest BCUT2D eigenvalue weighted by molar-refractivity contribution is 5.79. The van der Waals surface area contributed by atoms with Crippen molar-refractivity contribution < 1.29 is 0 Å². The predicted octanol–water partition coefficient (Wildman–Crippen LogP) is 2.92. The summed E-state index contributed by atoms with van der Waals surface area (Å²) < 4.78 is 0. The average Bonchev–Trinajstić information content (AvgIpc) is 2.57. The van der Waals surface area contributed by atoms with Crippen LogP contribution in [0.3, 0.4) is 0 Å². The largest absolute Gasteiger partial charge is 0.356 e. The summed E-state index contributed by atoms with van der Waals surface area (Å²) in [4.78, 5) is 9.02. The van der Waals surface area contributed by atoms with Gasteiger partial charge >= 0.3 is 0 Å². The van der Waals surface area contributed by atoms with Gasteiger partial charge in [-0.1, -0.05) is 24.3 Å². The van der Waals surface area contributed by atoms with Crippen molar-refractivity contribution in [1.29, 1.82) is 0 Å². The van der Waals surface area contributed by atoms with Crippen LogP contribution in [0.1, 0.15) is 45.2 Å². The van der Waals surface area contributed by atoms with Gasteiger partial charge < -0.3 is 15.5 Å². The van der Waals surface area contributed by atoms with E-state index in [-0.39, 0.29) is 0 Å². The monoisotopic (exact) mass is 361 g/mol. The van der Waals surface area contributed by atoms with Gasteiger partial charge in [0.1, 0.15) is 0 Å². The van der Waals surface area contributed by atoms with E-state index >= 15 is 0 Å². The zero-order chi connectivity index (χ0) is 19.5. The minimum Gasteiger partial charge on any atom is -0.356 e. The van der Waals surface area contributed by atoms with Gasteiger partial charge in [0.25, 0.3) is 0 Å². The van der Waals surface area contributed by atoms with Crippen LogP contribution in [0.5, 0.6) is 0 Å². The molecule has 0 aliphatic carbocycles. The number of hydrogen-bond acceptors (Lipinski definition) is 3. The van der Waals surface area contributed by atoms with E-state index in [0.29, 0.717) is 12.1 Å². The van der Waals surface area contributed by atoms with Crippen LogP contribution in [-0.4, -0.2) is 62.1 Å². The van der Waals surface area contributed by atoms with E-state index in [1.807, 2.05) is 7.05 Å². The fourth-order valence-corrected chi connectivity index (χ4v) is 3.12. The third-order valence-electron chi connectivity index (χ3n) is 4.42. The molecule has 0 unspecified atom stereocenters. The molecule has 0 spiro atoms. The van der Waals surface area contributed by atoms with Crippen molar-refractivity contribution in [2.75, 3.05) is 34.2 Å². The molecule has 1 rings (SSSR count). The lowest BCUT2D eigenvalue weighted by Gasteiger charge is -2.30. The molecule has 5 heteroatoms. The van der Waals surface area contributed by atoms with Crippen LogP contribution in [0.15, 0.2) is 29.3 Å². The lowest BCUT2D eigenvalue weighted by atomic mass is 10.1. The SMILES string of the molecule is CN=C(NCCCN(C(C)C)C(C)C)NCc1ccc(CN(C)C)cc1. The Morgan fingerprint density at radius 2 is 1.54 bits per heavy atom. The number of hydrogen-bond donors (Lipinski definition) is 2. The first-order chi connectivity index (χ1) is 12.3. The van der Waals surface area contributed by atoms with Gasteiger partial charge in [-0.15, -0.1) is 0 Å². The van der Waals surface area contributed by atoms with E-state index in [0.717, 1.165) is 38.6 Å². The summed E-state index contributed by atoms with van der Waals surface area (Å²) in [6.07, 6.45) is 1.11. The number of rotatable bonds is 10. The second-order valence-corrected chi connectivity index (χ2v) is 7.69. The van der Waals surface area contributed by atoms with Crippen LogP contribution >= 0.6 is 0 Å². The van der Waals surface area contributed by atoms with Crippen LogP contribution in [0.2, 0.25) is 0 Å². The van der Waals surface area contributed by atoms with Gasteiger partial charge in [-0.25, -0.2) is 0 Å². The molecule has 0 fully saturated rings. The normalized spacial score (nSPS) is 12.5. The molecule has 0 aliphatic rings. The summed E-state index contributed by atoms with van der Waals surface area (Å²) in [6.45, 7) is 12.8. The molecule has 26 heavy (non-hydrogen) atoms. The highest BCUT2D eigenvalue weighted by Gasteiger charge is 2.12. The van der Waals surface area contributed by atoms with Crippen LogP contribution in [0.4, 0.5) is 0 Å². The standard InChI is InChI=1S/C21H39N5/c1-17(2)26(18(3)4)14-8-13-23-21(22-5)24-15-19-9-11-20(12-10-19)16-25(6)7/h9-12,17-18H,8,13-16H2,1-7H3,(H2,22,23,24). The first-order valence-corrected chi connectivity index (χ1v) is 9.76. The predicted molar refractivity (Wildman–Crippen MR) is 114 cm³/mol. The van der Waals surface area contributed by atoms with Crippen LogP contribution in [0, 0.1) is 0 Å². The molecule has 0 heterocycles. The Morgan fingerprint density at radius 1 is 0.962 bits per heavy atom.